The van der Waals surface area contributed by atoms with Crippen molar-refractivity contribution in [2.75, 3.05) is 27.4 Å². The molecule has 0 bridgehead atoms. The molecule has 39 heavy (non-hydrogen) atoms. The van der Waals surface area contributed by atoms with E-state index in [9.17, 15) is 8.42 Å². The Hall–Kier alpha value is -3.75. The number of allylic oxidation sites excluding steroid dienone is 3. The van der Waals surface area contributed by atoms with Crippen LogP contribution in [0.3, 0.4) is 0 Å². The zero-order chi connectivity index (χ0) is 28.2. The molecular weight excluding hydrogens is 514 g/mol. The molecule has 0 saturated heterocycles. The predicted octanol–water partition coefficient (Wildman–Crippen LogP) is 6.01. The van der Waals surface area contributed by atoms with Crippen LogP contribution in [0.25, 0.3) is 0 Å². The minimum atomic E-state index is -4.18. The largest absolute Gasteiger partial charge is 0.493 e. The van der Waals surface area contributed by atoms with Gasteiger partial charge in [-0.3, -0.25) is 4.90 Å². The SMILES string of the molecule is C=C/C=C(\C=C)S(=O)(=O)Oc1c(OC)ccc2c1C(CC=C)N1CCc3cc(OCC=C)c(OC)cc3C1C2. The summed E-state index contributed by atoms with van der Waals surface area (Å²) in [6.07, 6.45) is 9.57. The van der Waals surface area contributed by atoms with E-state index in [0.717, 1.165) is 29.7 Å². The zero-order valence-electron chi connectivity index (χ0n) is 22.5. The molecule has 0 aromatic heterocycles. The Bertz CT molecular complexity index is 1430. The molecule has 0 amide bonds. The summed E-state index contributed by atoms with van der Waals surface area (Å²) in [5.41, 5.74) is 4.14. The zero-order valence-corrected chi connectivity index (χ0v) is 23.3. The van der Waals surface area contributed by atoms with Gasteiger partial charge in [-0.25, -0.2) is 0 Å². The first kappa shape index (κ1) is 28.3. The van der Waals surface area contributed by atoms with Crippen molar-refractivity contribution in [1.29, 1.82) is 0 Å². The monoisotopic (exact) mass is 549 g/mol. The van der Waals surface area contributed by atoms with E-state index in [1.165, 1.54) is 30.9 Å². The van der Waals surface area contributed by atoms with Gasteiger partial charge in [0.15, 0.2) is 23.0 Å². The Morgan fingerprint density at radius 1 is 1.03 bits per heavy atom. The van der Waals surface area contributed by atoms with E-state index in [-0.39, 0.29) is 22.7 Å². The van der Waals surface area contributed by atoms with E-state index in [2.05, 4.69) is 43.3 Å². The highest BCUT2D eigenvalue weighted by atomic mass is 32.2. The predicted molar refractivity (Wildman–Crippen MR) is 154 cm³/mol. The van der Waals surface area contributed by atoms with E-state index >= 15 is 0 Å². The molecule has 2 aromatic rings. The molecule has 2 aliphatic heterocycles. The molecule has 0 N–H and O–H groups in total. The van der Waals surface area contributed by atoms with Gasteiger partial charge in [0.1, 0.15) is 11.5 Å². The van der Waals surface area contributed by atoms with Crippen molar-refractivity contribution in [3.05, 3.63) is 108 Å². The van der Waals surface area contributed by atoms with Gasteiger partial charge in [0.25, 0.3) is 0 Å². The van der Waals surface area contributed by atoms with Gasteiger partial charge in [-0.15, -0.1) is 6.58 Å². The van der Waals surface area contributed by atoms with Crippen LogP contribution >= 0.6 is 0 Å². The molecule has 0 fully saturated rings. The van der Waals surface area contributed by atoms with Crippen molar-refractivity contribution in [3.63, 3.8) is 0 Å². The van der Waals surface area contributed by atoms with Gasteiger partial charge in [0.2, 0.25) is 0 Å². The second-order valence-electron chi connectivity index (χ2n) is 9.27. The third-order valence-corrected chi connectivity index (χ3v) is 8.42. The Balaban J connectivity index is 1.85. The van der Waals surface area contributed by atoms with Gasteiger partial charge in [0.05, 0.1) is 14.2 Å². The lowest BCUT2D eigenvalue weighted by Crippen LogP contribution is -2.43. The Morgan fingerprint density at radius 2 is 1.79 bits per heavy atom. The number of nitrogens with zero attached hydrogens (tertiary/aromatic N) is 1. The van der Waals surface area contributed by atoms with E-state index in [4.69, 9.17) is 18.4 Å². The van der Waals surface area contributed by atoms with Crippen molar-refractivity contribution in [1.82, 2.24) is 4.90 Å². The number of hydrogen-bond acceptors (Lipinski definition) is 7. The van der Waals surface area contributed by atoms with Crippen LogP contribution in [0.4, 0.5) is 0 Å². The van der Waals surface area contributed by atoms with Crippen molar-refractivity contribution < 1.29 is 26.8 Å². The highest BCUT2D eigenvalue weighted by Gasteiger charge is 2.41. The molecule has 7 nitrogen and oxygen atoms in total. The van der Waals surface area contributed by atoms with E-state index in [1.54, 1.807) is 19.3 Å². The normalized spacial score (nSPS) is 18.6. The van der Waals surface area contributed by atoms with Crippen LogP contribution < -0.4 is 18.4 Å². The van der Waals surface area contributed by atoms with Crippen molar-refractivity contribution in [2.45, 2.75) is 31.3 Å². The molecule has 206 valence electrons. The topological polar surface area (TPSA) is 74.3 Å². The van der Waals surface area contributed by atoms with Crippen LogP contribution in [0.15, 0.2) is 85.9 Å². The first-order valence-electron chi connectivity index (χ1n) is 12.7. The first-order chi connectivity index (χ1) is 18.8. The standard InChI is InChI=1S/C31H35NO6S/c1-7-11-23(10-4)39(33,34)38-31-27(35-5)14-13-22-18-26-24-20-28(36-6)29(37-17-9-3)19-21(24)15-16-32(26)25(12-8-2)30(22)31/h7-11,13-14,19-20,25-26H,1-4,12,15-18H2,5-6H3/b23-11+. The van der Waals surface area contributed by atoms with Gasteiger partial charge in [-0.2, -0.15) is 8.42 Å². The summed E-state index contributed by atoms with van der Waals surface area (Å²) in [7, 11) is -1.05. The molecule has 2 aliphatic rings. The highest BCUT2D eigenvalue weighted by molar-refractivity contribution is 7.91. The van der Waals surface area contributed by atoms with Crippen molar-refractivity contribution in [3.8, 4) is 23.0 Å². The van der Waals surface area contributed by atoms with Crippen LogP contribution in [-0.2, 0) is 23.0 Å². The number of benzene rings is 2. The molecule has 0 saturated carbocycles. The quantitative estimate of drug-likeness (QED) is 0.182. The maximum Gasteiger partial charge on any atom is 0.339 e. The second-order valence-corrected chi connectivity index (χ2v) is 10.8. The lowest BCUT2D eigenvalue weighted by Gasteiger charge is -2.47. The number of ether oxygens (including phenoxy) is 3. The summed E-state index contributed by atoms with van der Waals surface area (Å²) in [6, 6.07) is 7.74. The lowest BCUT2D eigenvalue weighted by atomic mass is 9.79. The third kappa shape index (κ3) is 5.40. The number of rotatable bonds is 12. The minimum Gasteiger partial charge on any atom is -0.493 e. The fourth-order valence-electron chi connectivity index (χ4n) is 5.47. The van der Waals surface area contributed by atoms with Crippen LogP contribution in [0.5, 0.6) is 23.0 Å². The summed E-state index contributed by atoms with van der Waals surface area (Å²) in [4.78, 5) is 2.31. The average Bonchev–Trinajstić information content (AvgIpc) is 2.93. The van der Waals surface area contributed by atoms with Gasteiger partial charge in [0, 0.05) is 24.2 Å². The van der Waals surface area contributed by atoms with Gasteiger partial charge in [-0.1, -0.05) is 44.0 Å². The Morgan fingerprint density at radius 3 is 2.44 bits per heavy atom. The fraction of sp³-hybridized carbons (Fsp3) is 0.290. The Kier molecular flexibility index (Phi) is 8.67. The molecule has 0 aliphatic carbocycles. The molecule has 8 heteroatoms. The maximum atomic E-state index is 13.2. The number of fused-ring (bicyclic) bond motifs is 4. The first-order valence-corrected chi connectivity index (χ1v) is 14.1. The molecule has 0 radical (unpaired) electrons. The Labute approximate surface area is 231 Å². The van der Waals surface area contributed by atoms with Gasteiger partial charge < -0.3 is 18.4 Å². The number of hydrogen-bond donors (Lipinski definition) is 0. The average molecular weight is 550 g/mol. The maximum absolute atomic E-state index is 13.2. The van der Waals surface area contributed by atoms with Gasteiger partial charge in [-0.05, 0) is 66.3 Å². The summed E-state index contributed by atoms with van der Waals surface area (Å²) in [6.45, 7) is 16.1. The fourth-order valence-corrected chi connectivity index (χ4v) is 6.43. The van der Waals surface area contributed by atoms with Crippen LogP contribution in [0.1, 0.15) is 40.8 Å². The van der Waals surface area contributed by atoms with Crippen molar-refractivity contribution >= 4 is 10.1 Å². The van der Waals surface area contributed by atoms with Crippen LogP contribution in [0, 0.1) is 0 Å². The third-order valence-electron chi connectivity index (χ3n) is 7.15. The highest BCUT2D eigenvalue weighted by Crippen LogP contribution is 2.52. The summed E-state index contributed by atoms with van der Waals surface area (Å²) in [5.74, 6) is 1.89. The molecule has 2 heterocycles. The summed E-state index contributed by atoms with van der Waals surface area (Å²) < 4.78 is 49.4. The van der Waals surface area contributed by atoms with Gasteiger partial charge >= 0.3 is 10.1 Å². The molecule has 4 rings (SSSR count). The molecule has 0 spiro atoms. The van der Waals surface area contributed by atoms with Crippen LogP contribution in [0.2, 0.25) is 0 Å². The molecule has 2 aromatic carbocycles. The van der Waals surface area contributed by atoms with Crippen molar-refractivity contribution in [2.24, 2.45) is 0 Å². The number of methoxy groups -OCH3 is 2. The minimum absolute atomic E-state index is 0.0517. The van der Waals surface area contributed by atoms with E-state index in [0.29, 0.717) is 36.7 Å². The van der Waals surface area contributed by atoms with Crippen LogP contribution in [-0.4, -0.2) is 40.7 Å². The van der Waals surface area contributed by atoms with E-state index < -0.39 is 10.1 Å². The van der Waals surface area contributed by atoms with E-state index in [1.807, 2.05) is 12.1 Å². The molecule has 2 unspecified atom stereocenters. The second kappa shape index (κ2) is 12.0. The summed E-state index contributed by atoms with van der Waals surface area (Å²) in [5, 5.41) is 0. The molecule has 2 atom stereocenters. The molecular formula is C31H35NO6S. The summed E-state index contributed by atoms with van der Waals surface area (Å²) >= 11 is 0. The smallest absolute Gasteiger partial charge is 0.339 e. The lowest BCUT2D eigenvalue weighted by molar-refractivity contribution is 0.106.